The lowest BCUT2D eigenvalue weighted by atomic mass is 10.0. The molecule has 0 aromatic carbocycles. The molecule has 2 rings (SSSR count). The Labute approximate surface area is 120 Å². The summed E-state index contributed by atoms with van der Waals surface area (Å²) in [6, 6.07) is -0.103. The van der Waals surface area contributed by atoms with E-state index in [2.05, 4.69) is 43.1 Å². The molecule has 0 bridgehead atoms. The average Bonchev–Trinajstić information content (AvgIpc) is 2.82. The van der Waals surface area contributed by atoms with Crippen LogP contribution in [0, 0.1) is 16.7 Å². The molecule has 1 unspecified atom stereocenters. The minimum atomic E-state index is -0.103. The second-order valence-electron chi connectivity index (χ2n) is 6.37. The fourth-order valence-electron chi connectivity index (χ4n) is 3.24. The Balaban J connectivity index is 2.39. The summed E-state index contributed by atoms with van der Waals surface area (Å²) in [6.45, 7) is 8.97. The normalized spacial score (nSPS) is 21.4. The maximum atomic E-state index is 5.78. The summed E-state index contributed by atoms with van der Waals surface area (Å²) < 4.78 is 10.4. The number of nitrogens with one attached hydrogen (secondary N) is 1. The van der Waals surface area contributed by atoms with E-state index in [1.807, 2.05) is 0 Å². The van der Waals surface area contributed by atoms with Crippen LogP contribution >= 0.6 is 0 Å². The fourth-order valence-corrected chi connectivity index (χ4v) is 3.24. The van der Waals surface area contributed by atoms with Gasteiger partial charge in [-0.25, -0.2) is 4.98 Å². The Morgan fingerprint density at radius 3 is 2.20 bits per heavy atom. The lowest BCUT2D eigenvalue weighted by molar-refractivity contribution is 0.335. The summed E-state index contributed by atoms with van der Waals surface area (Å²) in [4.78, 5) is 8.71. The highest BCUT2D eigenvalue weighted by Crippen LogP contribution is 2.72. The van der Waals surface area contributed by atoms with Gasteiger partial charge in [0.05, 0.1) is 26.5 Å². The highest BCUT2D eigenvalue weighted by Gasteiger charge is 2.67. The molecule has 112 valence electrons. The zero-order valence-corrected chi connectivity index (χ0v) is 13.0. The summed E-state index contributed by atoms with van der Waals surface area (Å²) >= 11 is 0. The van der Waals surface area contributed by atoms with Gasteiger partial charge in [0.1, 0.15) is 5.69 Å². The number of hydrogen-bond acceptors (Lipinski definition) is 6. The van der Waals surface area contributed by atoms with Gasteiger partial charge in [0.25, 0.3) is 0 Å². The van der Waals surface area contributed by atoms with Crippen molar-refractivity contribution >= 4 is 0 Å². The molecule has 1 aliphatic rings. The van der Waals surface area contributed by atoms with Gasteiger partial charge in [-0.3, -0.25) is 11.3 Å². The van der Waals surface area contributed by atoms with Gasteiger partial charge in [-0.05, 0) is 16.7 Å². The summed E-state index contributed by atoms with van der Waals surface area (Å²) in [6.07, 6.45) is 1.59. The molecule has 0 saturated heterocycles. The van der Waals surface area contributed by atoms with Crippen molar-refractivity contribution in [3.8, 4) is 11.8 Å². The second-order valence-corrected chi connectivity index (χ2v) is 6.37. The van der Waals surface area contributed by atoms with Crippen LogP contribution in [0.1, 0.15) is 39.4 Å². The first kappa shape index (κ1) is 15.0. The summed E-state index contributed by atoms with van der Waals surface area (Å²) in [5.41, 5.74) is 3.96. The quantitative estimate of drug-likeness (QED) is 0.631. The van der Waals surface area contributed by atoms with Crippen molar-refractivity contribution in [1.29, 1.82) is 0 Å². The standard InChI is InChI=1S/C14H24N4O2/c1-13(2)11(14(13,3)4)9(18-15)10-12(20-6)17-8(19-5)7-16-10/h7,9,11,18H,15H2,1-6H3. The van der Waals surface area contributed by atoms with Crippen LogP contribution in [0.5, 0.6) is 11.8 Å². The molecule has 1 aromatic rings. The molecule has 1 saturated carbocycles. The molecular formula is C14H24N4O2. The lowest BCUT2D eigenvalue weighted by Crippen LogP contribution is -2.32. The summed E-state index contributed by atoms with van der Waals surface area (Å²) in [5, 5.41) is 0. The molecule has 1 aliphatic carbocycles. The van der Waals surface area contributed by atoms with Crippen LogP contribution < -0.4 is 20.7 Å². The first-order valence-electron chi connectivity index (χ1n) is 6.72. The highest BCUT2D eigenvalue weighted by molar-refractivity contribution is 5.30. The maximum Gasteiger partial charge on any atom is 0.240 e. The Morgan fingerprint density at radius 1 is 1.20 bits per heavy atom. The zero-order chi connectivity index (χ0) is 15.1. The number of ether oxygens (including phenoxy) is 2. The third-order valence-corrected chi connectivity index (χ3v) is 5.09. The minimum Gasteiger partial charge on any atom is -0.480 e. The average molecular weight is 280 g/mol. The zero-order valence-electron chi connectivity index (χ0n) is 13.0. The smallest absolute Gasteiger partial charge is 0.240 e. The van der Waals surface area contributed by atoms with Crippen LogP contribution in [0.3, 0.4) is 0 Å². The van der Waals surface area contributed by atoms with Crippen molar-refractivity contribution in [3.05, 3.63) is 11.9 Å². The van der Waals surface area contributed by atoms with Crippen LogP contribution in [0.4, 0.5) is 0 Å². The molecule has 1 atom stereocenters. The Morgan fingerprint density at radius 2 is 1.80 bits per heavy atom. The highest BCUT2D eigenvalue weighted by atomic mass is 16.5. The van der Waals surface area contributed by atoms with Crippen LogP contribution in [0.2, 0.25) is 0 Å². The molecule has 0 amide bonds. The van der Waals surface area contributed by atoms with E-state index >= 15 is 0 Å². The van der Waals surface area contributed by atoms with Gasteiger partial charge >= 0.3 is 0 Å². The van der Waals surface area contributed by atoms with Gasteiger partial charge in [-0.1, -0.05) is 27.7 Å². The second kappa shape index (κ2) is 4.86. The molecule has 6 nitrogen and oxygen atoms in total. The van der Waals surface area contributed by atoms with Gasteiger partial charge in [-0.15, -0.1) is 0 Å². The number of methoxy groups -OCH3 is 2. The van der Waals surface area contributed by atoms with Gasteiger partial charge < -0.3 is 9.47 Å². The minimum absolute atomic E-state index is 0.103. The predicted molar refractivity (Wildman–Crippen MR) is 76.3 cm³/mol. The molecule has 20 heavy (non-hydrogen) atoms. The van der Waals surface area contributed by atoms with E-state index < -0.39 is 0 Å². The largest absolute Gasteiger partial charge is 0.480 e. The molecule has 0 aliphatic heterocycles. The number of aromatic nitrogens is 2. The molecule has 1 fully saturated rings. The van der Waals surface area contributed by atoms with Crippen LogP contribution in [-0.4, -0.2) is 24.2 Å². The van der Waals surface area contributed by atoms with E-state index in [1.165, 1.54) is 0 Å². The lowest BCUT2D eigenvalue weighted by Gasteiger charge is -2.19. The topological polar surface area (TPSA) is 82.3 Å². The van der Waals surface area contributed by atoms with E-state index in [0.717, 1.165) is 5.69 Å². The Kier molecular flexibility index (Phi) is 3.64. The molecule has 1 aromatic heterocycles. The summed E-state index contributed by atoms with van der Waals surface area (Å²) in [5.74, 6) is 7.01. The number of rotatable bonds is 5. The van der Waals surface area contributed by atoms with E-state index in [9.17, 15) is 0 Å². The Hall–Kier alpha value is -1.40. The van der Waals surface area contributed by atoms with E-state index in [0.29, 0.717) is 17.7 Å². The van der Waals surface area contributed by atoms with Gasteiger partial charge in [-0.2, -0.15) is 4.98 Å². The van der Waals surface area contributed by atoms with Crippen LogP contribution in [-0.2, 0) is 0 Å². The van der Waals surface area contributed by atoms with Crippen molar-refractivity contribution in [2.45, 2.75) is 33.7 Å². The predicted octanol–water partition coefficient (Wildman–Crippen LogP) is 1.68. The number of hydrogen-bond donors (Lipinski definition) is 2. The summed E-state index contributed by atoms with van der Waals surface area (Å²) in [7, 11) is 3.12. The van der Waals surface area contributed by atoms with Crippen molar-refractivity contribution in [2.24, 2.45) is 22.6 Å². The third kappa shape index (κ3) is 2.03. The van der Waals surface area contributed by atoms with Gasteiger partial charge in [0, 0.05) is 0 Å². The number of hydrazine groups is 1. The fraction of sp³-hybridized carbons (Fsp3) is 0.714. The van der Waals surface area contributed by atoms with Crippen molar-refractivity contribution < 1.29 is 9.47 Å². The van der Waals surface area contributed by atoms with Crippen molar-refractivity contribution in [2.75, 3.05) is 14.2 Å². The van der Waals surface area contributed by atoms with E-state index in [1.54, 1.807) is 20.4 Å². The van der Waals surface area contributed by atoms with Crippen molar-refractivity contribution in [3.63, 3.8) is 0 Å². The van der Waals surface area contributed by atoms with E-state index in [4.69, 9.17) is 15.3 Å². The molecule has 0 spiro atoms. The van der Waals surface area contributed by atoms with Crippen molar-refractivity contribution in [1.82, 2.24) is 15.4 Å². The SMILES string of the molecule is COc1cnc(C(NN)C2C(C)(C)C2(C)C)c(OC)n1. The molecular weight excluding hydrogens is 256 g/mol. The maximum absolute atomic E-state index is 5.78. The first-order chi connectivity index (χ1) is 9.31. The molecule has 1 heterocycles. The number of nitrogens with two attached hydrogens (primary N) is 1. The molecule has 6 heteroatoms. The number of nitrogens with zero attached hydrogens (tertiary/aromatic N) is 2. The van der Waals surface area contributed by atoms with E-state index in [-0.39, 0.29) is 16.9 Å². The van der Waals surface area contributed by atoms with Crippen LogP contribution in [0.25, 0.3) is 0 Å². The Bertz CT molecular complexity index is 488. The van der Waals surface area contributed by atoms with Gasteiger partial charge in [0.15, 0.2) is 0 Å². The van der Waals surface area contributed by atoms with Gasteiger partial charge in [0.2, 0.25) is 11.8 Å². The molecule has 0 radical (unpaired) electrons. The first-order valence-corrected chi connectivity index (χ1v) is 6.72. The molecule has 3 N–H and O–H groups in total. The van der Waals surface area contributed by atoms with Crippen LogP contribution in [0.15, 0.2) is 6.20 Å². The third-order valence-electron chi connectivity index (χ3n) is 5.09. The monoisotopic (exact) mass is 280 g/mol.